The Morgan fingerprint density at radius 2 is 1.70 bits per heavy atom. The summed E-state index contributed by atoms with van der Waals surface area (Å²) in [6.45, 7) is 9.71. The Balaban J connectivity index is 0.00000361. The van der Waals surface area contributed by atoms with Gasteiger partial charge >= 0.3 is 26.0 Å². The normalized spacial score (nSPS) is 22.6. The van der Waals surface area contributed by atoms with Crippen LogP contribution in [0.25, 0.3) is 0 Å². The van der Waals surface area contributed by atoms with Gasteiger partial charge in [-0.05, 0) is 34.3 Å². The van der Waals surface area contributed by atoms with Crippen LogP contribution in [0, 0.1) is 0 Å². The summed E-state index contributed by atoms with van der Waals surface area (Å²) in [6.07, 6.45) is 1.32. The first kappa shape index (κ1) is 20.5. The van der Waals surface area contributed by atoms with Crippen LogP contribution in [0.2, 0.25) is 5.82 Å². The number of hydrogen-bond acceptors (Lipinski definition) is 4. The zero-order valence-electron chi connectivity index (χ0n) is 12.9. The molecular formula is C12H20BCl2LiO4. The quantitative estimate of drug-likeness (QED) is 0.390. The number of alkyl halides is 2. The van der Waals surface area contributed by atoms with Crippen LogP contribution in [-0.2, 0) is 14.0 Å². The minimum Gasteiger partial charge on any atom is -0.614 e. The number of halogens is 2. The minimum atomic E-state index is -0.820. The summed E-state index contributed by atoms with van der Waals surface area (Å²) < 4.78 is 16.5. The van der Waals surface area contributed by atoms with Crippen molar-refractivity contribution >= 4 is 30.3 Å². The Kier molecular flexibility index (Phi) is 7.86. The van der Waals surface area contributed by atoms with Gasteiger partial charge in [-0.3, -0.25) is 0 Å². The van der Waals surface area contributed by atoms with Crippen molar-refractivity contribution in [3.05, 3.63) is 12.0 Å². The summed E-state index contributed by atoms with van der Waals surface area (Å²) in [5.74, 6) is -1.06. The van der Waals surface area contributed by atoms with Gasteiger partial charge in [-0.25, -0.2) is 0 Å². The third kappa shape index (κ3) is 4.76. The van der Waals surface area contributed by atoms with Crippen molar-refractivity contribution in [1.82, 2.24) is 0 Å². The van der Waals surface area contributed by atoms with E-state index in [9.17, 15) is 5.11 Å². The Hall–Kier alpha value is 0.502. The minimum absolute atomic E-state index is 0. The molecule has 0 aromatic carbocycles. The second kappa shape index (κ2) is 7.67. The van der Waals surface area contributed by atoms with Gasteiger partial charge in [0.1, 0.15) is 4.84 Å². The molecule has 20 heavy (non-hydrogen) atoms. The van der Waals surface area contributed by atoms with E-state index in [-0.39, 0.29) is 18.9 Å². The van der Waals surface area contributed by atoms with Crippen LogP contribution in [0.4, 0.5) is 0 Å². The van der Waals surface area contributed by atoms with Crippen LogP contribution in [0.3, 0.4) is 0 Å². The predicted molar refractivity (Wildman–Crippen MR) is 75.0 cm³/mol. The third-order valence-corrected chi connectivity index (χ3v) is 4.07. The topological polar surface area (TPSA) is 50.8 Å². The van der Waals surface area contributed by atoms with E-state index in [4.69, 9.17) is 37.2 Å². The Morgan fingerprint density at radius 3 is 2.05 bits per heavy atom. The fourth-order valence-corrected chi connectivity index (χ4v) is 2.05. The molecule has 1 aliphatic rings. The van der Waals surface area contributed by atoms with E-state index in [1.807, 2.05) is 27.7 Å². The van der Waals surface area contributed by atoms with Gasteiger partial charge in [-0.15, -0.1) is 23.2 Å². The molecule has 8 heteroatoms. The van der Waals surface area contributed by atoms with Crippen molar-refractivity contribution in [2.75, 3.05) is 6.61 Å². The SMILES string of the molecule is CCO/C([O-])=C/C(B1OC(C)(C)C(C)(C)O1)C(Cl)Cl.[Li+]. The maximum absolute atomic E-state index is 11.5. The van der Waals surface area contributed by atoms with E-state index < -0.39 is 34.9 Å². The molecule has 0 aromatic heterocycles. The number of hydrogen-bond donors (Lipinski definition) is 0. The van der Waals surface area contributed by atoms with Crippen molar-refractivity contribution in [2.45, 2.75) is 56.5 Å². The van der Waals surface area contributed by atoms with Crippen molar-refractivity contribution in [1.29, 1.82) is 0 Å². The Bertz CT molecular complexity index is 334. The molecule has 0 aromatic rings. The molecule has 0 saturated carbocycles. The molecule has 4 nitrogen and oxygen atoms in total. The fraction of sp³-hybridized carbons (Fsp3) is 0.833. The summed E-state index contributed by atoms with van der Waals surface area (Å²) in [5.41, 5.74) is -0.998. The molecule has 1 heterocycles. The van der Waals surface area contributed by atoms with Gasteiger partial charge in [0.2, 0.25) is 0 Å². The molecule has 1 fully saturated rings. The van der Waals surface area contributed by atoms with E-state index >= 15 is 0 Å². The molecule has 0 spiro atoms. The molecule has 1 saturated heterocycles. The Morgan fingerprint density at radius 1 is 1.25 bits per heavy atom. The van der Waals surface area contributed by atoms with E-state index in [1.165, 1.54) is 6.08 Å². The summed E-state index contributed by atoms with van der Waals surface area (Å²) in [7, 11) is -0.672. The maximum Gasteiger partial charge on any atom is 1.00 e. The van der Waals surface area contributed by atoms with Crippen LogP contribution < -0.4 is 24.0 Å². The molecule has 1 unspecified atom stereocenters. The molecule has 1 atom stereocenters. The van der Waals surface area contributed by atoms with Gasteiger partial charge in [0.15, 0.2) is 0 Å². The van der Waals surface area contributed by atoms with Crippen LogP contribution in [0.5, 0.6) is 0 Å². The standard InChI is InChI=1S/C12H21BCl2O4.Li/c1-6-17-9(16)7-8(10(14)15)13-18-11(2,3)12(4,5)19-13;/h7-8,10,16H,6H2,1-5H3;/q;+1/p-1/b9-7+;. The molecule has 110 valence electrons. The zero-order valence-corrected chi connectivity index (χ0v) is 14.4. The van der Waals surface area contributed by atoms with Gasteiger partial charge in [0, 0.05) is 11.8 Å². The third-order valence-electron chi connectivity index (χ3n) is 3.49. The van der Waals surface area contributed by atoms with Gasteiger partial charge < -0.3 is 19.2 Å². The molecule has 0 amide bonds. The zero-order chi connectivity index (χ0) is 14.8. The second-order valence-electron chi connectivity index (χ2n) is 5.46. The molecule has 0 bridgehead atoms. The molecule has 1 aliphatic heterocycles. The average Bonchev–Trinajstić information content (AvgIpc) is 2.44. The van der Waals surface area contributed by atoms with Crippen molar-refractivity contribution in [2.24, 2.45) is 0 Å². The summed E-state index contributed by atoms with van der Waals surface area (Å²) in [4.78, 5) is -0.820. The predicted octanol–water partition coefficient (Wildman–Crippen LogP) is -0.505. The van der Waals surface area contributed by atoms with Crippen LogP contribution >= 0.6 is 23.2 Å². The number of allylic oxidation sites excluding steroid dienone is 1. The van der Waals surface area contributed by atoms with E-state index in [1.54, 1.807) is 6.92 Å². The van der Waals surface area contributed by atoms with Gasteiger partial charge in [0.25, 0.3) is 0 Å². The summed E-state index contributed by atoms with van der Waals surface area (Å²) in [5, 5.41) is 11.5. The second-order valence-corrected chi connectivity index (χ2v) is 6.62. The molecule has 0 radical (unpaired) electrons. The monoisotopic (exact) mass is 316 g/mol. The maximum atomic E-state index is 11.5. The van der Waals surface area contributed by atoms with Gasteiger partial charge in [-0.1, -0.05) is 13.0 Å². The van der Waals surface area contributed by atoms with Crippen molar-refractivity contribution in [3.63, 3.8) is 0 Å². The van der Waals surface area contributed by atoms with Gasteiger partial charge in [0.05, 0.1) is 11.2 Å². The molecule has 1 rings (SSSR count). The first-order chi connectivity index (χ1) is 8.60. The average molecular weight is 317 g/mol. The number of rotatable bonds is 5. The first-order valence-electron chi connectivity index (χ1n) is 6.26. The summed E-state index contributed by atoms with van der Waals surface area (Å²) >= 11 is 11.8. The van der Waals surface area contributed by atoms with Crippen molar-refractivity contribution < 1.29 is 38.0 Å². The van der Waals surface area contributed by atoms with E-state index in [2.05, 4.69) is 0 Å². The molecule has 0 N–H and O–H groups in total. The first-order valence-corrected chi connectivity index (χ1v) is 7.13. The smallest absolute Gasteiger partial charge is 0.614 e. The number of ether oxygens (including phenoxy) is 1. The molecular weight excluding hydrogens is 297 g/mol. The van der Waals surface area contributed by atoms with Crippen LogP contribution in [-0.4, -0.2) is 29.8 Å². The van der Waals surface area contributed by atoms with Gasteiger partial charge in [-0.2, -0.15) is 0 Å². The van der Waals surface area contributed by atoms with E-state index in [0.29, 0.717) is 6.61 Å². The van der Waals surface area contributed by atoms with Crippen LogP contribution in [0.15, 0.2) is 12.0 Å². The van der Waals surface area contributed by atoms with Crippen LogP contribution in [0.1, 0.15) is 34.6 Å². The van der Waals surface area contributed by atoms with Crippen molar-refractivity contribution in [3.8, 4) is 0 Å². The Labute approximate surface area is 143 Å². The molecule has 0 aliphatic carbocycles. The van der Waals surface area contributed by atoms with E-state index in [0.717, 1.165) is 0 Å². The summed E-state index contributed by atoms with van der Waals surface area (Å²) in [6, 6.07) is 0. The fourth-order valence-electron chi connectivity index (χ4n) is 1.66. The largest absolute Gasteiger partial charge is 1.00 e.